The Morgan fingerprint density at radius 1 is 0.828 bits per heavy atom. The van der Waals surface area contributed by atoms with E-state index >= 15 is 0 Å². The van der Waals surface area contributed by atoms with Gasteiger partial charge in [-0.25, -0.2) is 4.42 Å². The van der Waals surface area contributed by atoms with Crippen molar-refractivity contribution in [2.75, 3.05) is 4.42 Å². The number of benzene rings is 2. The largest absolute Gasteiger partial charge is 0.416 e. The van der Waals surface area contributed by atoms with Gasteiger partial charge in [-0.2, -0.15) is 26.3 Å². The molecule has 0 heterocycles. The first kappa shape index (κ1) is 22.5. The second-order valence-corrected chi connectivity index (χ2v) is 6.07. The van der Waals surface area contributed by atoms with Gasteiger partial charge in [0.2, 0.25) is 0 Å². The van der Waals surface area contributed by atoms with Gasteiger partial charge in [-0.05, 0) is 18.2 Å². The van der Waals surface area contributed by atoms with Crippen LogP contribution in [0.1, 0.15) is 11.1 Å². The third-order valence-electron chi connectivity index (χ3n) is 3.47. The highest BCUT2D eigenvalue weighted by Crippen LogP contribution is 2.47. The molecular weight excluding hydrogens is 459 g/mol. The Hall–Kier alpha value is -2.80. The number of nitro groups is 2. The molecule has 29 heavy (non-hydrogen) atoms. The zero-order valence-electron chi connectivity index (χ0n) is 13.4. The molecule has 0 atom stereocenters. The molecule has 0 bridgehead atoms. The van der Waals surface area contributed by atoms with Crippen molar-refractivity contribution in [2.24, 2.45) is 0 Å². The van der Waals surface area contributed by atoms with Crippen LogP contribution in [0.3, 0.4) is 0 Å². The minimum atomic E-state index is -5.01. The Bertz CT molecular complexity index is 997. The summed E-state index contributed by atoms with van der Waals surface area (Å²) in [4.78, 5) is 19.8. The second-order valence-electron chi connectivity index (χ2n) is 5.32. The van der Waals surface area contributed by atoms with Crippen LogP contribution in [0, 0.1) is 20.2 Å². The number of anilines is 2. The van der Waals surface area contributed by atoms with E-state index in [2.05, 4.69) is 0 Å². The van der Waals surface area contributed by atoms with Crippen LogP contribution >= 0.6 is 23.4 Å². The van der Waals surface area contributed by atoms with Crippen LogP contribution in [-0.2, 0) is 12.4 Å². The van der Waals surface area contributed by atoms with E-state index in [1.807, 2.05) is 0 Å². The van der Waals surface area contributed by atoms with E-state index in [1.54, 1.807) is 0 Å². The smallest absolute Gasteiger partial charge is 0.258 e. The molecule has 0 unspecified atom stereocenters. The molecule has 2 aromatic carbocycles. The van der Waals surface area contributed by atoms with Gasteiger partial charge in [-0.15, -0.1) is 0 Å². The molecule has 0 radical (unpaired) electrons. The van der Waals surface area contributed by atoms with E-state index in [9.17, 15) is 46.6 Å². The predicted octanol–water partition coefficient (Wildman–Crippen LogP) is 6.49. The molecule has 0 aliphatic heterocycles. The minimum Gasteiger partial charge on any atom is -0.258 e. The fourth-order valence-corrected chi connectivity index (χ4v) is 2.88. The molecule has 0 saturated carbocycles. The van der Waals surface area contributed by atoms with Gasteiger partial charge in [0.05, 0.1) is 26.0 Å². The number of rotatable bonds is 4. The highest BCUT2D eigenvalue weighted by Gasteiger charge is 2.38. The van der Waals surface area contributed by atoms with Crippen LogP contribution in [0.2, 0.25) is 5.02 Å². The first-order valence-corrected chi connectivity index (χ1v) is 7.73. The van der Waals surface area contributed by atoms with E-state index < -0.39 is 61.1 Å². The summed E-state index contributed by atoms with van der Waals surface area (Å²) in [5, 5.41) is 21.5. The van der Waals surface area contributed by atoms with Crippen LogP contribution in [-0.4, -0.2) is 9.85 Å². The molecule has 0 fully saturated rings. The van der Waals surface area contributed by atoms with Crippen molar-refractivity contribution in [3.63, 3.8) is 0 Å². The molecule has 7 nitrogen and oxygen atoms in total. The molecule has 2 aromatic rings. The Morgan fingerprint density at radius 3 is 1.76 bits per heavy atom. The molecular formula is C14H5Cl2F6N3O4. The fourth-order valence-electron chi connectivity index (χ4n) is 2.21. The van der Waals surface area contributed by atoms with E-state index in [4.69, 9.17) is 23.4 Å². The van der Waals surface area contributed by atoms with Crippen molar-refractivity contribution in [3.05, 3.63) is 66.7 Å². The van der Waals surface area contributed by atoms with E-state index in [0.29, 0.717) is 12.1 Å². The van der Waals surface area contributed by atoms with Gasteiger partial charge in [0, 0.05) is 23.9 Å². The molecule has 0 aliphatic carbocycles. The molecule has 15 heteroatoms. The number of alkyl halides is 6. The summed E-state index contributed by atoms with van der Waals surface area (Å²) in [5.74, 6) is 0. The van der Waals surface area contributed by atoms with E-state index in [0.717, 1.165) is 0 Å². The number of nitrogens with zero attached hydrogens (tertiary/aromatic N) is 3. The molecule has 156 valence electrons. The first-order valence-electron chi connectivity index (χ1n) is 7.01. The highest BCUT2D eigenvalue weighted by atomic mass is 35.5. The van der Waals surface area contributed by atoms with Crippen molar-refractivity contribution in [2.45, 2.75) is 12.4 Å². The van der Waals surface area contributed by atoms with E-state index in [1.165, 1.54) is 0 Å². The lowest BCUT2D eigenvalue weighted by Crippen LogP contribution is -2.12. The topological polar surface area (TPSA) is 89.5 Å². The lowest BCUT2D eigenvalue weighted by molar-refractivity contribution is -0.384. The SMILES string of the molecule is O=[N+]([O-])c1cc(C(F)(F)F)ccc1N(Cl)c1c(Cl)cc(C(F)(F)F)cc1[N+](=O)[O-]. The molecule has 2 rings (SSSR count). The van der Waals surface area contributed by atoms with Gasteiger partial charge in [-0.3, -0.25) is 20.2 Å². The molecule has 0 spiro atoms. The van der Waals surface area contributed by atoms with Gasteiger partial charge in [-0.1, -0.05) is 11.6 Å². The van der Waals surface area contributed by atoms with Crippen molar-refractivity contribution < 1.29 is 36.2 Å². The van der Waals surface area contributed by atoms with Gasteiger partial charge in [0.25, 0.3) is 11.4 Å². The van der Waals surface area contributed by atoms with Crippen LogP contribution in [0.4, 0.5) is 49.1 Å². The van der Waals surface area contributed by atoms with Gasteiger partial charge in [0.15, 0.2) is 5.69 Å². The molecule has 0 aliphatic rings. The van der Waals surface area contributed by atoms with E-state index in [-0.39, 0.29) is 22.6 Å². The van der Waals surface area contributed by atoms with Crippen molar-refractivity contribution in [1.82, 2.24) is 0 Å². The Kier molecular flexibility index (Phi) is 5.86. The summed E-state index contributed by atoms with van der Waals surface area (Å²) >= 11 is 11.5. The maximum absolute atomic E-state index is 12.9. The Balaban J connectivity index is 2.73. The Morgan fingerprint density at radius 2 is 1.31 bits per heavy atom. The first-order chi connectivity index (χ1) is 13.1. The quantitative estimate of drug-likeness (QED) is 0.224. The predicted molar refractivity (Wildman–Crippen MR) is 89.2 cm³/mol. The summed E-state index contributed by atoms with van der Waals surface area (Å²) in [5.41, 5.74) is -7.06. The highest BCUT2D eigenvalue weighted by molar-refractivity contribution is 6.38. The molecule has 0 N–H and O–H groups in total. The number of nitro benzene ring substituents is 2. The van der Waals surface area contributed by atoms with Crippen LogP contribution in [0.25, 0.3) is 0 Å². The van der Waals surface area contributed by atoms with Crippen molar-refractivity contribution >= 4 is 46.1 Å². The molecule has 0 saturated heterocycles. The lowest BCUT2D eigenvalue weighted by atomic mass is 10.1. The number of hydrogen-bond donors (Lipinski definition) is 0. The summed E-state index contributed by atoms with van der Waals surface area (Å²) in [6, 6.07) is 1.43. The van der Waals surface area contributed by atoms with Crippen LogP contribution in [0.15, 0.2) is 30.3 Å². The van der Waals surface area contributed by atoms with Crippen LogP contribution in [0.5, 0.6) is 0 Å². The lowest BCUT2D eigenvalue weighted by Gasteiger charge is -2.19. The average molecular weight is 464 g/mol. The van der Waals surface area contributed by atoms with Gasteiger partial charge < -0.3 is 0 Å². The summed E-state index contributed by atoms with van der Waals surface area (Å²) in [7, 11) is 0. The normalized spacial score (nSPS) is 12.0. The molecule has 0 amide bonds. The third kappa shape index (κ3) is 4.62. The van der Waals surface area contributed by atoms with Crippen LogP contribution < -0.4 is 4.42 Å². The summed E-state index contributed by atoms with van der Waals surface area (Å²) < 4.78 is 77.1. The minimum absolute atomic E-state index is 0.0898. The fraction of sp³-hybridized carbons (Fsp3) is 0.143. The maximum atomic E-state index is 12.9. The second kappa shape index (κ2) is 7.55. The zero-order valence-corrected chi connectivity index (χ0v) is 14.9. The van der Waals surface area contributed by atoms with Crippen molar-refractivity contribution in [1.29, 1.82) is 0 Å². The number of halogens is 8. The zero-order chi connectivity index (χ0) is 22.3. The monoisotopic (exact) mass is 463 g/mol. The van der Waals surface area contributed by atoms with Crippen molar-refractivity contribution in [3.8, 4) is 0 Å². The van der Waals surface area contributed by atoms with Gasteiger partial charge >= 0.3 is 12.4 Å². The summed E-state index contributed by atoms with van der Waals surface area (Å²) in [6.07, 6.45) is -9.96. The molecule has 0 aromatic heterocycles. The van der Waals surface area contributed by atoms with Gasteiger partial charge in [0.1, 0.15) is 5.69 Å². The standard InChI is InChI=1S/C14H5Cl2F6N3O4/c15-8-3-7(14(20,21)22)5-11(25(28)29)12(8)23(16)9-2-1-6(13(17,18)19)4-10(9)24(26)27/h1-5H. The number of hydrogen-bond acceptors (Lipinski definition) is 5. The maximum Gasteiger partial charge on any atom is 0.416 e. The Labute approximate surface area is 166 Å². The average Bonchev–Trinajstić information content (AvgIpc) is 2.58. The summed E-state index contributed by atoms with van der Waals surface area (Å²) in [6.45, 7) is 0. The third-order valence-corrected chi connectivity index (χ3v) is 4.11.